The van der Waals surface area contributed by atoms with Crippen LogP contribution in [0.25, 0.3) is 0 Å². The molecule has 0 unspecified atom stereocenters. The average Bonchev–Trinajstić information content (AvgIpc) is 3.18. The molecule has 8 bridgehead atoms. The predicted molar refractivity (Wildman–Crippen MR) is 217 cm³/mol. The molecule has 0 heterocycles. The number of nitro benzene ring substituents is 4. The average molecular weight is 835 g/mol. The first-order valence-corrected chi connectivity index (χ1v) is 19.5. The maximum atomic E-state index is 12.5. The molecule has 4 aromatic carbocycles. The number of nitrogens with zero attached hydrogens (tertiary/aromatic N) is 4. The van der Waals surface area contributed by atoms with Crippen LogP contribution in [-0.4, -0.2) is 51.4 Å². The molecule has 0 aliphatic heterocycles. The van der Waals surface area contributed by atoms with Crippen molar-refractivity contribution in [1.82, 2.24) is 0 Å². The van der Waals surface area contributed by atoms with Crippen molar-refractivity contribution in [3.63, 3.8) is 0 Å². The summed E-state index contributed by atoms with van der Waals surface area (Å²) < 4.78 is 25.2. The van der Waals surface area contributed by atoms with Crippen molar-refractivity contribution in [2.24, 2.45) is 0 Å². The lowest BCUT2D eigenvalue weighted by molar-refractivity contribution is -0.385. The number of rotatable bonds is 18. The molecule has 312 valence electrons. The zero-order valence-corrected chi connectivity index (χ0v) is 33.5. The molecule has 0 atom stereocenters. The van der Waals surface area contributed by atoms with E-state index in [9.17, 15) is 45.3 Å². The Morgan fingerprint density at radius 1 is 0.475 bits per heavy atom. The van der Waals surface area contributed by atoms with E-state index in [0.717, 1.165) is 0 Å². The van der Waals surface area contributed by atoms with Crippen molar-refractivity contribution >= 4 is 39.6 Å². The van der Waals surface area contributed by atoms with Gasteiger partial charge in [0.05, 0.1) is 46.1 Å². The number of halogens is 1. The van der Waals surface area contributed by atoms with Crippen LogP contribution in [0.4, 0.5) is 22.7 Å². The highest BCUT2D eigenvalue weighted by Crippen LogP contribution is 2.43. The van der Waals surface area contributed by atoms with Crippen LogP contribution in [0.15, 0.2) is 48.5 Å². The van der Waals surface area contributed by atoms with Crippen molar-refractivity contribution in [2.75, 3.05) is 26.4 Å². The second kappa shape index (κ2) is 19.9. The Balaban J connectivity index is 1.95. The minimum Gasteiger partial charge on any atom is -0.493 e. The van der Waals surface area contributed by atoms with Crippen LogP contribution in [-0.2, 0) is 30.5 Å². The van der Waals surface area contributed by atoms with Crippen LogP contribution >= 0.6 is 11.6 Å². The lowest BCUT2D eigenvalue weighted by Crippen LogP contribution is -2.12. The van der Waals surface area contributed by atoms with E-state index in [-0.39, 0.29) is 133 Å². The summed E-state index contributed by atoms with van der Waals surface area (Å²) in [7, 11) is 0. The highest BCUT2D eigenvalue weighted by molar-refractivity contribution is 6.63. The Bertz CT molecular complexity index is 2160. The van der Waals surface area contributed by atoms with E-state index >= 15 is 0 Å². The minimum atomic E-state index is -0.598. The van der Waals surface area contributed by atoms with Crippen LogP contribution in [0.2, 0.25) is 0 Å². The van der Waals surface area contributed by atoms with Gasteiger partial charge in [-0.2, -0.15) is 0 Å². The molecule has 0 aromatic heterocycles. The smallest absolute Gasteiger partial charge is 0.270 e. The van der Waals surface area contributed by atoms with Crippen LogP contribution in [0.5, 0.6) is 23.0 Å². The lowest BCUT2D eigenvalue weighted by atomic mass is 9.90. The first-order chi connectivity index (χ1) is 28.2. The van der Waals surface area contributed by atoms with Gasteiger partial charge in [-0.3, -0.25) is 45.3 Å². The molecule has 18 heteroatoms. The topological polar surface area (TPSA) is 227 Å². The fourth-order valence-electron chi connectivity index (χ4n) is 6.98. The normalized spacial score (nSPS) is 12.0. The quantitative estimate of drug-likeness (QED) is 0.0347. The monoisotopic (exact) mass is 834 g/mol. The maximum absolute atomic E-state index is 12.5. The van der Waals surface area contributed by atoms with Gasteiger partial charge in [0, 0.05) is 125 Å². The van der Waals surface area contributed by atoms with Gasteiger partial charge < -0.3 is 18.9 Å². The highest BCUT2D eigenvalue weighted by atomic mass is 35.5. The number of ether oxygens (including phenoxy) is 4. The Morgan fingerprint density at radius 2 is 0.695 bits per heavy atom. The number of fused-ring (bicyclic) bond motifs is 8. The zero-order valence-electron chi connectivity index (χ0n) is 32.8. The summed E-state index contributed by atoms with van der Waals surface area (Å²) in [4.78, 5) is 59.2. The summed E-state index contributed by atoms with van der Waals surface area (Å²) in [6.45, 7) is 6.13. The first-order valence-electron chi connectivity index (χ1n) is 19.1. The third-order valence-corrected chi connectivity index (χ3v) is 9.58. The standard InChI is InChI=1S/C41H43ClN4O13/c1-4-9-56-38-25-13-27-19-34(44(50)51)21-29(39(27)57-10-5-2)15-31-23-36(46(54)55)24-32(41(31)59-12-7-8-37(42)47)16-30-22-35(45(52)53)20-28(40(30)58-11-6-3)14-26(38)18-33(17-25)43(48)49/h17-24H,4-16H2,1-3H3. The van der Waals surface area contributed by atoms with E-state index < -0.39 is 24.9 Å². The Kier molecular flexibility index (Phi) is 14.7. The number of carbonyl (C=O) groups excluding carboxylic acids is 1. The molecule has 0 fully saturated rings. The predicted octanol–water partition coefficient (Wildman–Crippen LogP) is 9.29. The highest BCUT2D eigenvalue weighted by Gasteiger charge is 2.29. The molecular weight excluding hydrogens is 792 g/mol. The maximum Gasteiger partial charge on any atom is 0.270 e. The number of hydrogen-bond acceptors (Lipinski definition) is 13. The van der Waals surface area contributed by atoms with Gasteiger partial charge in [0.15, 0.2) is 0 Å². The van der Waals surface area contributed by atoms with Crippen molar-refractivity contribution in [3.05, 3.63) is 133 Å². The SMILES string of the molecule is CCCOc1c2cc([N+](=O)[O-])cc1Cc1cc([N+](=O)[O-])cc(c1OCCC)Cc1cc([N+](=O)[O-])cc(c1OCCCC(=O)Cl)Cc1cc([N+](=O)[O-])cc(c1OCCC)C2. The number of hydrogen-bond donors (Lipinski definition) is 0. The van der Waals surface area contributed by atoms with E-state index in [4.69, 9.17) is 30.5 Å². The summed E-state index contributed by atoms with van der Waals surface area (Å²) in [5.74, 6) is 0.897. The van der Waals surface area contributed by atoms with Crippen LogP contribution in [0.3, 0.4) is 0 Å². The molecule has 0 amide bonds. The fraction of sp³-hybridized carbons (Fsp3) is 0.390. The number of non-ortho nitro benzene ring substituents is 4. The molecule has 5 rings (SSSR count). The first kappa shape index (κ1) is 43.8. The largest absolute Gasteiger partial charge is 0.493 e. The van der Waals surface area contributed by atoms with Gasteiger partial charge in [-0.15, -0.1) is 0 Å². The van der Waals surface area contributed by atoms with Gasteiger partial charge in [0.1, 0.15) is 23.0 Å². The molecule has 0 saturated carbocycles. The lowest BCUT2D eigenvalue weighted by Gasteiger charge is -2.22. The van der Waals surface area contributed by atoms with Crippen LogP contribution in [0, 0.1) is 40.5 Å². The molecule has 1 aliphatic carbocycles. The van der Waals surface area contributed by atoms with E-state index in [0.29, 0.717) is 41.5 Å². The van der Waals surface area contributed by atoms with Gasteiger partial charge in [-0.05, 0) is 37.3 Å². The number of carbonyl (C=O) groups is 1. The minimum absolute atomic E-state index is 0.0338. The second-order valence-corrected chi connectivity index (χ2v) is 14.4. The van der Waals surface area contributed by atoms with Gasteiger partial charge >= 0.3 is 0 Å². The summed E-state index contributed by atoms with van der Waals surface area (Å²) in [5, 5.41) is 49.4. The Morgan fingerprint density at radius 3 is 0.881 bits per heavy atom. The molecule has 17 nitrogen and oxygen atoms in total. The van der Waals surface area contributed by atoms with E-state index in [1.807, 2.05) is 20.8 Å². The third-order valence-electron chi connectivity index (χ3n) is 9.39. The zero-order chi connectivity index (χ0) is 42.8. The van der Waals surface area contributed by atoms with Gasteiger partial charge in [-0.1, -0.05) is 20.8 Å². The number of nitro groups is 4. The Labute approximate surface area is 343 Å². The molecule has 0 spiro atoms. The van der Waals surface area contributed by atoms with E-state index in [1.165, 1.54) is 48.5 Å². The third kappa shape index (κ3) is 10.8. The summed E-state index contributed by atoms with van der Waals surface area (Å²) in [5.41, 5.74) is 0.912. The molecule has 0 radical (unpaired) electrons. The van der Waals surface area contributed by atoms with Crippen molar-refractivity contribution in [3.8, 4) is 23.0 Å². The van der Waals surface area contributed by atoms with E-state index in [1.54, 1.807) is 0 Å². The van der Waals surface area contributed by atoms with Crippen molar-refractivity contribution in [1.29, 1.82) is 0 Å². The summed E-state index contributed by atoms with van der Waals surface area (Å²) in [6, 6.07) is 10.5. The summed E-state index contributed by atoms with van der Waals surface area (Å²) >= 11 is 5.60. The molecular formula is C41H43ClN4O13. The van der Waals surface area contributed by atoms with Crippen LogP contribution in [0.1, 0.15) is 97.4 Å². The van der Waals surface area contributed by atoms with Gasteiger partial charge in [-0.25, -0.2) is 0 Å². The van der Waals surface area contributed by atoms with Gasteiger partial charge in [0.25, 0.3) is 22.7 Å². The molecule has 59 heavy (non-hydrogen) atoms. The molecule has 4 aromatic rings. The van der Waals surface area contributed by atoms with Crippen LogP contribution < -0.4 is 18.9 Å². The van der Waals surface area contributed by atoms with Crippen molar-refractivity contribution < 1.29 is 43.4 Å². The summed E-state index contributed by atoms with van der Waals surface area (Å²) in [6.07, 6.45) is 1.13. The van der Waals surface area contributed by atoms with E-state index in [2.05, 4.69) is 0 Å². The second-order valence-electron chi connectivity index (χ2n) is 14.0. The number of benzene rings is 4. The molecule has 0 saturated heterocycles. The fourth-order valence-corrected chi connectivity index (χ4v) is 7.11. The Hall–Kier alpha value is -6.36. The van der Waals surface area contributed by atoms with Crippen molar-refractivity contribution in [2.45, 2.75) is 78.6 Å². The molecule has 0 N–H and O–H groups in total. The van der Waals surface area contributed by atoms with Gasteiger partial charge in [0.2, 0.25) is 5.24 Å². The molecule has 1 aliphatic rings.